The van der Waals surface area contributed by atoms with Gasteiger partial charge in [0.05, 0.1) is 11.4 Å². The van der Waals surface area contributed by atoms with Crippen molar-refractivity contribution < 1.29 is 0 Å². The van der Waals surface area contributed by atoms with Crippen LogP contribution in [0.25, 0.3) is 0 Å². The van der Waals surface area contributed by atoms with E-state index in [1.54, 1.807) is 6.20 Å². The number of rotatable bonds is 0. The molecule has 0 amide bonds. The van der Waals surface area contributed by atoms with E-state index in [1.165, 1.54) is 0 Å². The second-order valence-corrected chi connectivity index (χ2v) is 2.91. The fourth-order valence-corrected chi connectivity index (χ4v) is 1.03. The van der Waals surface area contributed by atoms with E-state index in [0.29, 0.717) is 0 Å². The molecule has 0 aliphatic rings. The Morgan fingerprint density at radius 1 is 1.44 bits per heavy atom. The van der Waals surface area contributed by atoms with Crippen LogP contribution in [0.5, 0.6) is 0 Å². The fraction of sp³-hybridized carbons (Fsp3) is 0.333. The predicted octanol–water partition coefficient (Wildman–Crippen LogP) is 1.70. The van der Waals surface area contributed by atoms with Gasteiger partial charge >= 0.3 is 0 Å². The van der Waals surface area contributed by atoms with Crippen molar-refractivity contribution >= 4 is 22.6 Å². The summed E-state index contributed by atoms with van der Waals surface area (Å²) in [6.45, 7) is 3.89. The number of aromatic nitrogens is 2. The Morgan fingerprint density at radius 2 is 2.11 bits per heavy atom. The highest BCUT2D eigenvalue weighted by Gasteiger charge is 1.94. The van der Waals surface area contributed by atoms with Crippen LogP contribution in [0.1, 0.15) is 11.4 Å². The Bertz CT molecular complexity index is 222. The van der Waals surface area contributed by atoms with Gasteiger partial charge in [-0.25, -0.2) is 4.98 Å². The number of nitrogens with zero attached hydrogens (tertiary/aromatic N) is 2. The smallest absolute Gasteiger partial charge is 0.122 e. The van der Waals surface area contributed by atoms with Crippen LogP contribution in [-0.2, 0) is 0 Å². The molecule has 0 saturated heterocycles. The maximum Gasteiger partial charge on any atom is 0.122 e. The molecule has 1 aromatic heterocycles. The number of halogens is 1. The highest BCUT2D eigenvalue weighted by atomic mass is 127. The summed E-state index contributed by atoms with van der Waals surface area (Å²) in [7, 11) is 0. The van der Waals surface area contributed by atoms with Crippen molar-refractivity contribution in [3.63, 3.8) is 0 Å². The van der Waals surface area contributed by atoms with Crippen molar-refractivity contribution in [3.05, 3.63) is 21.3 Å². The summed E-state index contributed by atoms with van der Waals surface area (Å²) in [5.41, 5.74) is 1.98. The molecule has 3 heteroatoms. The van der Waals surface area contributed by atoms with Crippen LogP contribution in [0.3, 0.4) is 0 Å². The maximum absolute atomic E-state index is 4.20. The molecule has 48 valence electrons. The second-order valence-electron chi connectivity index (χ2n) is 1.89. The lowest BCUT2D eigenvalue weighted by Crippen LogP contribution is -1.92. The van der Waals surface area contributed by atoms with E-state index < -0.39 is 0 Å². The van der Waals surface area contributed by atoms with Crippen molar-refractivity contribution in [1.82, 2.24) is 9.97 Å². The summed E-state index contributed by atoms with van der Waals surface area (Å²) in [6.07, 6.45) is 1.78. The summed E-state index contributed by atoms with van der Waals surface area (Å²) in [5, 5.41) is 0. The average Bonchev–Trinajstić information content (AvgIpc) is 1.80. The molecule has 2 nitrogen and oxygen atoms in total. The van der Waals surface area contributed by atoms with E-state index in [1.807, 2.05) is 13.8 Å². The molecule has 0 saturated carbocycles. The topological polar surface area (TPSA) is 25.8 Å². The Labute approximate surface area is 67.9 Å². The van der Waals surface area contributed by atoms with Gasteiger partial charge < -0.3 is 0 Å². The van der Waals surface area contributed by atoms with Crippen molar-refractivity contribution in [2.24, 2.45) is 0 Å². The molecular weight excluding hydrogens is 227 g/mol. The van der Waals surface area contributed by atoms with Crippen molar-refractivity contribution in [2.45, 2.75) is 13.8 Å². The zero-order valence-electron chi connectivity index (χ0n) is 5.35. The van der Waals surface area contributed by atoms with Gasteiger partial charge in [0, 0.05) is 6.20 Å². The van der Waals surface area contributed by atoms with E-state index in [2.05, 4.69) is 32.6 Å². The first-order valence-corrected chi connectivity index (χ1v) is 3.74. The zero-order valence-corrected chi connectivity index (χ0v) is 7.51. The van der Waals surface area contributed by atoms with Crippen molar-refractivity contribution in [1.29, 1.82) is 0 Å². The number of hydrogen-bond acceptors (Lipinski definition) is 2. The van der Waals surface area contributed by atoms with Crippen molar-refractivity contribution in [3.8, 4) is 0 Å². The van der Waals surface area contributed by atoms with E-state index in [9.17, 15) is 0 Å². The van der Waals surface area contributed by atoms with Crippen LogP contribution in [-0.4, -0.2) is 9.97 Å². The second kappa shape index (κ2) is 2.60. The molecule has 0 aliphatic heterocycles. The minimum atomic E-state index is 0.977. The summed E-state index contributed by atoms with van der Waals surface area (Å²) in [6, 6.07) is 0. The molecule has 0 fully saturated rings. The first-order valence-electron chi connectivity index (χ1n) is 2.66. The van der Waals surface area contributed by atoms with E-state index >= 15 is 0 Å². The molecule has 0 spiro atoms. The van der Waals surface area contributed by atoms with E-state index in [4.69, 9.17) is 0 Å². The highest BCUT2D eigenvalue weighted by Crippen LogP contribution is 2.04. The normalized spacial score (nSPS) is 9.67. The summed E-state index contributed by atoms with van der Waals surface area (Å²) in [5.74, 6) is 0. The first kappa shape index (κ1) is 6.92. The fourth-order valence-electron chi connectivity index (χ4n) is 0.508. The largest absolute Gasteiger partial charge is 0.257 e. The molecule has 0 N–H and O–H groups in total. The van der Waals surface area contributed by atoms with Gasteiger partial charge in [-0.3, -0.25) is 4.98 Å². The van der Waals surface area contributed by atoms with Gasteiger partial charge in [0.1, 0.15) is 3.70 Å². The molecule has 1 heterocycles. The molecule has 0 bridgehead atoms. The van der Waals surface area contributed by atoms with Crippen molar-refractivity contribution in [2.75, 3.05) is 0 Å². The van der Waals surface area contributed by atoms with Crippen LogP contribution < -0.4 is 0 Å². The third kappa shape index (κ3) is 1.61. The Morgan fingerprint density at radius 3 is 2.56 bits per heavy atom. The lowest BCUT2D eigenvalue weighted by Gasteiger charge is -1.94. The zero-order chi connectivity index (χ0) is 6.85. The minimum absolute atomic E-state index is 0.977. The van der Waals surface area contributed by atoms with Gasteiger partial charge in [-0.05, 0) is 36.4 Å². The third-order valence-corrected chi connectivity index (χ3v) is 2.04. The molecule has 1 aromatic rings. The summed E-state index contributed by atoms with van der Waals surface area (Å²) in [4.78, 5) is 8.31. The van der Waals surface area contributed by atoms with Crippen LogP contribution in [0.4, 0.5) is 0 Å². The molecule has 0 aromatic carbocycles. The molecule has 0 unspecified atom stereocenters. The molecule has 0 aliphatic carbocycles. The van der Waals surface area contributed by atoms with Crippen LogP contribution in [0, 0.1) is 17.5 Å². The summed E-state index contributed by atoms with van der Waals surface area (Å²) < 4.78 is 0.993. The Kier molecular flexibility index (Phi) is 2.00. The SMILES string of the molecule is Cc1cnc(C)c(I)n1. The maximum atomic E-state index is 4.20. The standard InChI is InChI=1S/C6H7IN2/c1-4-3-8-5(2)6(7)9-4/h3H,1-2H3. The van der Waals surface area contributed by atoms with E-state index in [-0.39, 0.29) is 0 Å². The van der Waals surface area contributed by atoms with E-state index in [0.717, 1.165) is 15.1 Å². The predicted molar refractivity (Wildman–Crippen MR) is 44.2 cm³/mol. The first-order chi connectivity index (χ1) is 4.20. The molecule has 1 rings (SSSR count). The van der Waals surface area contributed by atoms with Crippen LogP contribution in [0.15, 0.2) is 6.20 Å². The quantitative estimate of drug-likeness (QED) is 0.638. The Balaban J connectivity index is 3.17. The monoisotopic (exact) mass is 234 g/mol. The van der Waals surface area contributed by atoms with Gasteiger partial charge in [-0.1, -0.05) is 0 Å². The third-order valence-electron chi connectivity index (χ3n) is 1.02. The van der Waals surface area contributed by atoms with Gasteiger partial charge in [-0.2, -0.15) is 0 Å². The summed E-state index contributed by atoms with van der Waals surface area (Å²) >= 11 is 2.18. The Hall–Kier alpha value is -0.190. The van der Waals surface area contributed by atoms with Crippen LogP contribution in [0.2, 0.25) is 0 Å². The molecule has 9 heavy (non-hydrogen) atoms. The van der Waals surface area contributed by atoms with Gasteiger partial charge in [0.2, 0.25) is 0 Å². The lowest BCUT2D eigenvalue weighted by molar-refractivity contribution is 1.03. The van der Waals surface area contributed by atoms with Crippen LogP contribution >= 0.6 is 22.6 Å². The van der Waals surface area contributed by atoms with Gasteiger partial charge in [-0.15, -0.1) is 0 Å². The molecular formula is C6H7IN2. The lowest BCUT2D eigenvalue weighted by atomic mass is 10.4. The average molecular weight is 234 g/mol. The van der Waals surface area contributed by atoms with Gasteiger partial charge in [0.25, 0.3) is 0 Å². The molecule has 0 radical (unpaired) electrons. The number of hydrogen-bond donors (Lipinski definition) is 0. The molecule has 0 atom stereocenters. The highest BCUT2D eigenvalue weighted by molar-refractivity contribution is 14.1. The minimum Gasteiger partial charge on any atom is -0.257 e. The number of aryl methyl sites for hydroxylation is 2. The van der Waals surface area contributed by atoms with Gasteiger partial charge in [0.15, 0.2) is 0 Å².